The highest BCUT2D eigenvalue weighted by Crippen LogP contribution is 2.45. The number of amides is 2. The van der Waals surface area contributed by atoms with Crippen molar-refractivity contribution in [3.8, 4) is 5.75 Å². The summed E-state index contributed by atoms with van der Waals surface area (Å²) in [5.74, 6) is -0.864. The summed E-state index contributed by atoms with van der Waals surface area (Å²) < 4.78 is 26.0. The zero-order chi connectivity index (χ0) is 31.5. The summed E-state index contributed by atoms with van der Waals surface area (Å²) >= 11 is 0. The number of aryl methyl sites for hydroxylation is 1. The lowest BCUT2D eigenvalue weighted by Gasteiger charge is -2.29. The van der Waals surface area contributed by atoms with Crippen LogP contribution in [0, 0.1) is 11.7 Å². The number of hydrogen-bond acceptors (Lipinski definition) is 6. The van der Waals surface area contributed by atoms with Gasteiger partial charge in [-0.1, -0.05) is 38.1 Å². The minimum atomic E-state index is -0.953. The van der Waals surface area contributed by atoms with Crippen molar-refractivity contribution in [3.63, 3.8) is 0 Å². The summed E-state index contributed by atoms with van der Waals surface area (Å²) in [4.78, 5) is 28.6. The van der Waals surface area contributed by atoms with Gasteiger partial charge in [0.1, 0.15) is 11.6 Å². The van der Waals surface area contributed by atoms with Crippen molar-refractivity contribution in [3.05, 3.63) is 65.0 Å². The molecule has 2 amide bonds. The third-order valence-electron chi connectivity index (χ3n) is 8.85. The number of methoxy groups -OCH3 is 1. The maximum absolute atomic E-state index is 14.7. The van der Waals surface area contributed by atoms with Gasteiger partial charge in [0.15, 0.2) is 0 Å². The van der Waals surface area contributed by atoms with Crippen LogP contribution in [0.4, 0.5) is 4.39 Å². The lowest BCUT2D eigenvalue weighted by atomic mass is 9.96. The molecule has 0 radical (unpaired) electrons. The van der Waals surface area contributed by atoms with Crippen molar-refractivity contribution in [2.45, 2.75) is 89.3 Å². The second-order valence-corrected chi connectivity index (χ2v) is 12.3. The van der Waals surface area contributed by atoms with Gasteiger partial charge in [-0.05, 0) is 80.2 Å². The fraction of sp³-hybridized carbons (Fsp3) is 0.600. The molecule has 0 spiro atoms. The molecule has 9 heteroatoms. The van der Waals surface area contributed by atoms with Gasteiger partial charge in [-0.25, -0.2) is 4.39 Å². The number of hydrogen-bond donors (Lipinski definition) is 3. The average Bonchev–Trinajstić information content (AvgIpc) is 3.81. The largest absolute Gasteiger partial charge is 0.493 e. The Morgan fingerprint density at radius 1 is 1.18 bits per heavy atom. The lowest BCUT2D eigenvalue weighted by molar-refractivity contribution is -0.133. The van der Waals surface area contributed by atoms with E-state index < -0.39 is 23.9 Å². The van der Waals surface area contributed by atoms with E-state index in [0.29, 0.717) is 37.4 Å². The van der Waals surface area contributed by atoms with Gasteiger partial charge in [0, 0.05) is 44.8 Å². The molecule has 3 atom stereocenters. The molecule has 1 saturated carbocycles. The van der Waals surface area contributed by atoms with E-state index in [2.05, 4.69) is 41.8 Å². The van der Waals surface area contributed by atoms with E-state index in [1.807, 2.05) is 11.8 Å². The summed E-state index contributed by atoms with van der Waals surface area (Å²) in [7, 11) is 1.54. The number of benzene rings is 2. The Balaban J connectivity index is 1.55. The first-order chi connectivity index (χ1) is 21.3. The van der Waals surface area contributed by atoms with Crippen molar-refractivity contribution in [1.29, 1.82) is 0 Å². The minimum Gasteiger partial charge on any atom is -0.493 e. The third-order valence-corrected chi connectivity index (χ3v) is 8.85. The Bertz CT molecular complexity index is 1240. The van der Waals surface area contributed by atoms with Crippen LogP contribution in [0.1, 0.15) is 75.5 Å². The number of nitrogens with zero attached hydrogens (tertiary/aromatic N) is 1. The maximum Gasteiger partial charge on any atom is 0.225 e. The Morgan fingerprint density at radius 2 is 2.00 bits per heavy atom. The van der Waals surface area contributed by atoms with Crippen molar-refractivity contribution in [1.82, 2.24) is 15.5 Å². The van der Waals surface area contributed by atoms with Crippen molar-refractivity contribution in [2.24, 2.45) is 5.92 Å². The molecular formula is C35H50FN3O5. The van der Waals surface area contributed by atoms with Crippen LogP contribution in [0.3, 0.4) is 0 Å². The summed E-state index contributed by atoms with van der Waals surface area (Å²) in [5.41, 5.74) is 2.89. The van der Waals surface area contributed by atoms with Gasteiger partial charge in [-0.15, -0.1) is 0 Å². The van der Waals surface area contributed by atoms with Crippen molar-refractivity contribution in [2.75, 3.05) is 40.0 Å². The molecule has 1 aliphatic heterocycles. The molecule has 0 saturated heterocycles. The lowest BCUT2D eigenvalue weighted by Crippen LogP contribution is -2.52. The molecule has 242 valence electrons. The van der Waals surface area contributed by atoms with Crippen LogP contribution in [0.15, 0.2) is 42.5 Å². The Hall–Kier alpha value is -3.01. The molecular weight excluding hydrogens is 561 g/mol. The summed E-state index contributed by atoms with van der Waals surface area (Å²) in [6, 6.07) is 12.4. The first-order valence-corrected chi connectivity index (χ1v) is 16.3. The normalized spacial score (nSPS) is 22.1. The van der Waals surface area contributed by atoms with Crippen molar-refractivity contribution < 1.29 is 28.6 Å². The quantitative estimate of drug-likeness (QED) is 0.366. The number of aliphatic hydroxyl groups excluding tert-OH is 1. The van der Waals surface area contributed by atoms with Gasteiger partial charge in [0.05, 0.1) is 31.3 Å². The SMILES string of the molecule is CCCN1CCCCOc2cc(F)cc(c2)C[C@@H]([C@H](O)CNC2(c3cccc(CC)c3)CC2)NC(=O)C(COC)CCC1=O. The number of carbonyl (C=O) groups excluding carboxylic acids is 2. The standard InChI is InChI=1S/C35H50FN3O5/c1-4-15-39-16-6-7-17-44-30-20-26(19-29(36)22-30)21-31(38-34(42)27(24-43-3)11-12-33(39)41)32(40)23-37-35(13-14-35)28-10-8-9-25(5-2)18-28/h8-10,18-20,22,27,31-32,37,40H,4-7,11-17,21,23-24H2,1-3H3,(H,38,42)/t27?,31-,32+/m0/s1. The monoisotopic (exact) mass is 611 g/mol. The van der Waals surface area contributed by atoms with E-state index in [0.717, 1.165) is 38.5 Å². The first kappa shape index (κ1) is 33.9. The fourth-order valence-electron chi connectivity index (χ4n) is 6.06. The van der Waals surface area contributed by atoms with E-state index >= 15 is 0 Å². The molecule has 0 aromatic heterocycles. The molecule has 1 fully saturated rings. The van der Waals surface area contributed by atoms with Gasteiger partial charge in [-0.3, -0.25) is 9.59 Å². The van der Waals surface area contributed by atoms with Gasteiger partial charge in [-0.2, -0.15) is 0 Å². The zero-order valence-electron chi connectivity index (χ0n) is 26.6. The number of aliphatic hydroxyl groups is 1. The highest BCUT2D eigenvalue weighted by atomic mass is 19.1. The van der Waals surface area contributed by atoms with E-state index in [1.54, 1.807) is 6.07 Å². The number of ether oxygens (including phenoxy) is 2. The number of nitrogens with one attached hydrogen (secondary N) is 2. The van der Waals surface area contributed by atoms with E-state index in [9.17, 15) is 19.1 Å². The summed E-state index contributed by atoms with van der Waals surface area (Å²) in [5, 5.41) is 18.1. The Kier molecular flexibility index (Phi) is 12.6. The predicted molar refractivity (Wildman–Crippen MR) is 169 cm³/mol. The smallest absolute Gasteiger partial charge is 0.225 e. The van der Waals surface area contributed by atoms with E-state index in [1.165, 1.54) is 30.4 Å². The van der Waals surface area contributed by atoms with E-state index in [4.69, 9.17) is 9.47 Å². The molecule has 2 aliphatic rings. The number of fused-ring (bicyclic) bond motifs is 2. The van der Waals surface area contributed by atoms with Gasteiger partial charge < -0.3 is 30.1 Å². The van der Waals surface area contributed by atoms with Crippen LogP contribution >= 0.6 is 0 Å². The van der Waals surface area contributed by atoms with Gasteiger partial charge >= 0.3 is 0 Å². The van der Waals surface area contributed by atoms with Crippen LogP contribution in [0.2, 0.25) is 0 Å². The molecule has 3 N–H and O–H groups in total. The molecule has 1 aliphatic carbocycles. The number of rotatable bonds is 10. The Labute approximate surface area is 261 Å². The number of halogens is 1. The fourth-order valence-corrected chi connectivity index (χ4v) is 6.06. The molecule has 4 rings (SSSR count). The second-order valence-electron chi connectivity index (χ2n) is 12.3. The van der Waals surface area contributed by atoms with Crippen molar-refractivity contribution >= 4 is 11.8 Å². The first-order valence-electron chi connectivity index (χ1n) is 16.3. The molecule has 1 unspecified atom stereocenters. The van der Waals surface area contributed by atoms with Crippen LogP contribution in [0.25, 0.3) is 0 Å². The second kappa shape index (κ2) is 16.3. The summed E-state index contributed by atoms with van der Waals surface area (Å²) in [6.07, 6.45) is 5.04. The topological polar surface area (TPSA) is 100 Å². The minimum absolute atomic E-state index is 0.0161. The molecule has 44 heavy (non-hydrogen) atoms. The van der Waals surface area contributed by atoms with Crippen LogP contribution < -0.4 is 15.4 Å². The predicted octanol–water partition coefficient (Wildman–Crippen LogP) is 4.51. The van der Waals surface area contributed by atoms with Gasteiger partial charge in [0.2, 0.25) is 11.8 Å². The third kappa shape index (κ3) is 9.49. The average molecular weight is 612 g/mol. The summed E-state index contributed by atoms with van der Waals surface area (Å²) in [6.45, 7) is 6.24. The molecule has 2 bridgehead atoms. The zero-order valence-corrected chi connectivity index (χ0v) is 26.6. The number of carbonyl (C=O) groups is 2. The molecule has 2 aromatic carbocycles. The molecule has 2 aromatic rings. The van der Waals surface area contributed by atoms with Crippen LogP contribution in [-0.2, 0) is 32.7 Å². The van der Waals surface area contributed by atoms with Crippen LogP contribution in [0.5, 0.6) is 5.75 Å². The molecule has 1 heterocycles. The maximum atomic E-state index is 14.7. The van der Waals surface area contributed by atoms with Crippen LogP contribution in [-0.4, -0.2) is 73.9 Å². The van der Waals surface area contributed by atoms with Gasteiger partial charge in [0.25, 0.3) is 0 Å². The van der Waals surface area contributed by atoms with E-state index in [-0.39, 0.29) is 43.3 Å². The highest BCUT2D eigenvalue weighted by molar-refractivity contribution is 5.81. The molecule has 8 nitrogen and oxygen atoms in total. The Morgan fingerprint density at radius 3 is 2.73 bits per heavy atom. The highest BCUT2D eigenvalue weighted by Gasteiger charge is 2.44.